The number of benzene rings is 9. The van der Waals surface area contributed by atoms with E-state index in [2.05, 4.69) is 199 Å². The number of hydrogen-bond donors (Lipinski definition) is 0. The zero-order chi connectivity index (χ0) is 41.5. The fraction of sp³-hybridized carbons (Fsp3) is 0. The smallest absolute Gasteiger partial charge is 0.183 e. The van der Waals surface area contributed by atoms with Crippen molar-refractivity contribution in [3.05, 3.63) is 231 Å². The zero-order valence-corrected chi connectivity index (χ0v) is 36.2. The van der Waals surface area contributed by atoms with Crippen LogP contribution in [0.15, 0.2) is 231 Å². The van der Waals surface area contributed by atoms with E-state index in [0.717, 1.165) is 22.4 Å². The minimum absolute atomic E-state index is 0.642. The lowest BCUT2D eigenvalue weighted by Gasteiger charge is -2.51. The SMILES string of the molecule is c1ccc(-c2nc(-c3ccccc3)nc(-c3ccc(N4c5ccccc5[Si]5(c6ccccc64)c4ccccc4[Si]4(c6ccccc6-c6ccccc64)c4ccccc45)cc3)n2)cc1. The summed E-state index contributed by atoms with van der Waals surface area (Å²) in [7, 11) is -5.66. The molecule has 4 heterocycles. The molecule has 1 aromatic heterocycles. The molecule has 9 aromatic carbocycles. The first kappa shape index (κ1) is 35.9. The van der Waals surface area contributed by atoms with Crippen LogP contribution in [0.3, 0.4) is 0 Å². The van der Waals surface area contributed by atoms with E-state index in [9.17, 15) is 0 Å². The van der Waals surface area contributed by atoms with Crippen LogP contribution in [0.25, 0.3) is 45.3 Å². The van der Waals surface area contributed by atoms with Crippen molar-refractivity contribution in [2.75, 3.05) is 4.90 Å². The van der Waals surface area contributed by atoms with Gasteiger partial charge in [0.2, 0.25) is 0 Å². The molecule has 10 aromatic rings. The summed E-state index contributed by atoms with van der Waals surface area (Å²) in [6.07, 6.45) is 0. The zero-order valence-electron chi connectivity index (χ0n) is 34.2. The van der Waals surface area contributed by atoms with Gasteiger partial charge >= 0.3 is 0 Å². The van der Waals surface area contributed by atoms with Gasteiger partial charge in [-0.3, -0.25) is 0 Å². The van der Waals surface area contributed by atoms with E-state index >= 15 is 0 Å². The van der Waals surface area contributed by atoms with E-state index in [0.29, 0.717) is 17.5 Å². The molecule has 63 heavy (non-hydrogen) atoms. The minimum Gasteiger partial charge on any atom is -0.311 e. The molecular formula is C57H38N4Si2. The van der Waals surface area contributed by atoms with Gasteiger partial charge in [-0.15, -0.1) is 0 Å². The van der Waals surface area contributed by atoms with Gasteiger partial charge in [-0.2, -0.15) is 0 Å². The first-order chi connectivity index (χ1) is 31.3. The highest BCUT2D eigenvalue weighted by Gasteiger charge is 2.61. The van der Waals surface area contributed by atoms with Crippen molar-refractivity contribution in [1.82, 2.24) is 15.0 Å². The number of hydrogen-bond acceptors (Lipinski definition) is 4. The molecule has 0 saturated carbocycles. The third kappa shape index (κ3) is 4.99. The average molecular weight is 835 g/mol. The minimum atomic E-state index is -2.94. The van der Waals surface area contributed by atoms with Gasteiger partial charge in [-0.25, -0.2) is 15.0 Å². The number of para-hydroxylation sites is 2. The lowest BCUT2D eigenvalue weighted by Crippen LogP contribution is -2.93. The highest BCUT2D eigenvalue weighted by atomic mass is 28.3. The van der Waals surface area contributed by atoms with Crippen LogP contribution in [0, 0.1) is 0 Å². The Bertz CT molecular complexity index is 3220. The van der Waals surface area contributed by atoms with E-state index in [4.69, 9.17) is 15.0 Å². The molecule has 0 radical (unpaired) electrons. The molecule has 3 aliphatic heterocycles. The number of anilines is 3. The van der Waals surface area contributed by atoms with Gasteiger partial charge in [0.25, 0.3) is 0 Å². The molecule has 0 amide bonds. The normalized spacial score (nSPS) is 14.3. The number of fused-ring (bicyclic) bond motifs is 15. The molecule has 0 atom stereocenters. The molecule has 0 aliphatic carbocycles. The number of rotatable bonds is 4. The Morgan fingerprint density at radius 2 is 0.556 bits per heavy atom. The monoisotopic (exact) mass is 834 g/mol. The Hall–Kier alpha value is -7.78. The summed E-state index contributed by atoms with van der Waals surface area (Å²) < 4.78 is 0. The predicted octanol–water partition coefficient (Wildman–Crippen LogP) is 7.70. The molecule has 0 saturated heterocycles. The predicted molar refractivity (Wildman–Crippen MR) is 264 cm³/mol. The van der Waals surface area contributed by atoms with Crippen LogP contribution in [-0.2, 0) is 0 Å². The fourth-order valence-corrected chi connectivity index (χ4v) is 24.0. The van der Waals surface area contributed by atoms with Crippen molar-refractivity contribution in [2.24, 2.45) is 0 Å². The van der Waals surface area contributed by atoms with Crippen LogP contribution in [0.4, 0.5) is 17.1 Å². The highest BCUT2D eigenvalue weighted by molar-refractivity contribution is 7.34. The largest absolute Gasteiger partial charge is 0.311 e. The molecule has 0 N–H and O–H groups in total. The standard InChI is InChI=1S/C57H38N4Si2/c1-3-19-39(20-4-1)55-58-56(40-21-5-2-6-22-40)60-57(59-55)41-35-37-42(38-36-41)61-45-25-9-13-29-49(45)63(50-30-14-10-26-46(50)61)53-33-17-15-31-51(53)62(52-32-16-18-34-54(52)63)47-27-11-7-23-43(47)44-24-8-12-28-48(44)62/h1-38H. The van der Waals surface area contributed by atoms with Gasteiger partial charge in [0.1, 0.15) is 0 Å². The van der Waals surface area contributed by atoms with Crippen molar-refractivity contribution >= 4 is 74.7 Å². The summed E-state index contributed by atoms with van der Waals surface area (Å²) in [5, 5.41) is 11.9. The van der Waals surface area contributed by atoms with Crippen molar-refractivity contribution < 1.29 is 0 Å². The topological polar surface area (TPSA) is 41.9 Å². The van der Waals surface area contributed by atoms with E-state index < -0.39 is 16.1 Å². The van der Waals surface area contributed by atoms with E-state index in [1.807, 2.05) is 36.4 Å². The Morgan fingerprint density at radius 3 is 0.968 bits per heavy atom. The molecule has 3 aliphatic rings. The Balaban J connectivity index is 1.01. The second kappa shape index (κ2) is 13.9. The lowest BCUT2D eigenvalue weighted by molar-refractivity contribution is 1.07. The quantitative estimate of drug-likeness (QED) is 0.171. The van der Waals surface area contributed by atoms with Gasteiger partial charge < -0.3 is 4.90 Å². The lowest BCUT2D eigenvalue weighted by atomic mass is 10.1. The van der Waals surface area contributed by atoms with E-state index in [1.165, 1.54) is 64.0 Å². The van der Waals surface area contributed by atoms with E-state index in [1.54, 1.807) is 0 Å². The summed E-state index contributed by atoms with van der Waals surface area (Å²) in [6.45, 7) is 0. The summed E-state index contributed by atoms with van der Waals surface area (Å²) in [5.74, 6) is 1.95. The first-order valence-corrected chi connectivity index (χ1v) is 25.6. The van der Waals surface area contributed by atoms with Crippen LogP contribution in [0.1, 0.15) is 0 Å². The molecule has 0 fully saturated rings. The average Bonchev–Trinajstić information content (AvgIpc) is 3.66. The van der Waals surface area contributed by atoms with Crippen molar-refractivity contribution in [1.29, 1.82) is 0 Å². The maximum Gasteiger partial charge on any atom is 0.183 e. The van der Waals surface area contributed by atoms with E-state index in [-0.39, 0.29) is 0 Å². The molecule has 0 bridgehead atoms. The summed E-state index contributed by atoms with van der Waals surface area (Å²) in [6, 6.07) is 85.2. The number of nitrogens with zero attached hydrogens (tertiary/aromatic N) is 4. The van der Waals surface area contributed by atoms with Crippen molar-refractivity contribution in [3.63, 3.8) is 0 Å². The van der Waals surface area contributed by atoms with Gasteiger partial charge in [0, 0.05) is 33.8 Å². The van der Waals surface area contributed by atoms with Crippen LogP contribution in [0.5, 0.6) is 0 Å². The molecule has 13 rings (SSSR count). The second-order valence-corrected chi connectivity index (χ2v) is 23.9. The summed E-state index contributed by atoms with van der Waals surface area (Å²) in [5.41, 5.74) is 9.14. The Labute approximate surface area is 368 Å². The Kier molecular flexibility index (Phi) is 7.91. The summed E-state index contributed by atoms with van der Waals surface area (Å²) in [4.78, 5) is 17.5. The van der Waals surface area contributed by atoms with Gasteiger partial charge in [0.05, 0.1) is 0 Å². The molecule has 4 nitrogen and oxygen atoms in total. The van der Waals surface area contributed by atoms with Gasteiger partial charge in [0.15, 0.2) is 33.6 Å². The molecule has 294 valence electrons. The van der Waals surface area contributed by atoms with Crippen molar-refractivity contribution in [2.45, 2.75) is 0 Å². The van der Waals surface area contributed by atoms with Crippen LogP contribution in [-0.4, -0.2) is 31.1 Å². The van der Waals surface area contributed by atoms with Gasteiger partial charge in [-0.1, -0.05) is 194 Å². The third-order valence-electron chi connectivity index (χ3n) is 13.6. The van der Waals surface area contributed by atoms with Crippen molar-refractivity contribution in [3.8, 4) is 45.3 Å². The first-order valence-electron chi connectivity index (χ1n) is 21.6. The fourth-order valence-electron chi connectivity index (χ4n) is 11.2. The van der Waals surface area contributed by atoms with Crippen LogP contribution in [0.2, 0.25) is 0 Å². The molecule has 6 heteroatoms. The summed E-state index contributed by atoms with van der Waals surface area (Å²) >= 11 is 0. The van der Waals surface area contributed by atoms with Crippen LogP contribution < -0.4 is 46.4 Å². The third-order valence-corrected chi connectivity index (χ3v) is 24.0. The molecule has 0 unspecified atom stereocenters. The van der Waals surface area contributed by atoms with Gasteiger partial charge in [-0.05, 0) is 89.0 Å². The maximum atomic E-state index is 5.04. The highest BCUT2D eigenvalue weighted by Crippen LogP contribution is 2.40. The molecular weight excluding hydrogens is 797 g/mol. The van der Waals surface area contributed by atoms with Crippen LogP contribution >= 0.6 is 0 Å². The Morgan fingerprint density at radius 1 is 0.254 bits per heavy atom. The molecule has 2 spiro atoms. The number of aromatic nitrogens is 3. The second-order valence-electron chi connectivity index (χ2n) is 16.6. The maximum absolute atomic E-state index is 5.04.